The molecule has 0 heterocycles. The highest BCUT2D eigenvalue weighted by Crippen LogP contribution is 2.59. The van der Waals surface area contributed by atoms with Crippen LogP contribution in [-0.4, -0.2) is 13.1 Å². The summed E-state index contributed by atoms with van der Waals surface area (Å²) in [7, 11) is 1.45. The van der Waals surface area contributed by atoms with Crippen LogP contribution in [0.1, 0.15) is 20.8 Å². The molecule has 2 nitrogen and oxygen atoms in total. The van der Waals surface area contributed by atoms with Crippen molar-refractivity contribution in [2.24, 2.45) is 17.3 Å². The van der Waals surface area contributed by atoms with Crippen molar-refractivity contribution in [1.29, 1.82) is 0 Å². The molecule has 0 saturated heterocycles. The number of hydrogen-bond donors (Lipinski definition) is 0. The molecule has 1 fully saturated rings. The number of ether oxygens (including phenoxy) is 1. The number of rotatable bonds is 2. The summed E-state index contributed by atoms with van der Waals surface area (Å²) < 4.78 is 4.71. The van der Waals surface area contributed by atoms with E-state index >= 15 is 0 Å². The minimum Gasteiger partial charge on any atom is -0.469 e. The van der Waals surface area contributed by atoms with Gasteiger partial charge in [0.1, 0.15) is 0 Å². The SMILES string of the molecule is CC=C[C@H]1[C@H](C(=O)OC)C1(C)C. The molecule has 68 valence electrons. The molecular weight excluding hydrogens is 152 g/mol. The van der Waals surface area contributed by atoms with Crippen molar-refractivity contribution in [3.63, 3.8) is 0 Å². The molecule has 0 aromatic rings. The van der Waals surface area contributed by atoms with Gasteiger partial charge in [0, 0.05) is 0 Å². The Kier molecular flexibility index (Phi) is 2.27. The van der Waals surface area contributed by atoms with Gasteiger partial charge in [0.15, 0.2) is 0 Å². The van der Waals surface area contributed by atoms with Crippen molar-refractivity contribution >= 4 is 5.97 Å². The summed E-state index contributed by atoms with van der Waals surface area (Å²) in [6.07, 6.45) is 4.08. The lowest BCUT2D eigenvalue weighted by molar-refractivity contribution is -0.143. The summed E-state index contributed by atoms with van der Waals surface area (Å²) in [4.78, 5) is 11.2. The maximum Gasteiger partial charge on any atom is 0.309 e. The van der Waals surface area contributed by atoms with Crippen molar-refractivity contribution in [2.45, 2.75) is 20.8 Å². The van der Waals surface area contributed by atoms with Crippen LogP contribution in [0.5, 0.6) is 0 Å². The predicted octanol–water partition coefficient (Wildman–Crippen LogP) is 2.01. The second-order valence-electron chi connectivity index (χ2n) is 3.87. The normalized spacial score (nSPS) is 32.0. The fourth-order valence-corrected chi connectivity index (χ4v) is 1.82. The molecule has 1 saturated carbocycles. The van der Waals surface area contributed by atoms with Crippen LogP contribution in [0, 0.1) is 17.3 Å². The van der Waals surface area contributed by atoms with E-state index in [1.807, 2.05) is 13.0 Å². The lowest BCUT2D eigenvalue weighted by Crippen LogP contribution is -2.07. The molecule has 0 unspecified atom stereocenters. The second kappa shape index (κ2) is 2.92. The van der Waals surface area contributed by atoms with Gasteiger partial charge < -0.3 is 4.74 Å². The Morgan fingerprint density at radius 1 is 1.50 bits per heavy atom. The van der Waals surface area contributed by atoms with Gasteiger partial charge in [-0.2, -0.15) is 0 Å². The number of carbonyl (C=O) groups is 1. The molecule has 0 bridgehead atoms. The van der Waals surface area contributed by atoms with Gasteiger partial charge in [-0.3, -0.25) is 4.79 Å². The van der Waals surface area contributed by atoms with Crippen LogP contribution in [0.3, 0.4) is 0 Å². The fraction of sp³-hybridized carbons (Fsp3) is 0.700. The van der Waals surface area contributed by atoms with Gasteiger partial charge in [0.25, 0.3) is 0 Å². The Bertz CT molecular complexity index is 216. The largest absolute Gasteiger partial charge is 0.469 e. The monoisotopic (exact) mass is 168 g/mol. The molecule has 0 radical (unpaired) electrons. The van der Waals surface area contributed by atoms with Gasteiger partial charge in [0.2, 0.25) is 0 Å². The third-order valence-corrected chi connectivity index (χ3v) is 2.77. The van der Waals surface area contributed by atoms with Gasteiger partial charge in [-0.1, -0.05) is 26.0 Å². The van der Waals surface area contributed by atoms with E-state index in [-0.39, 0.29) is 17.3 Å². The lowest BCUT2D eigenvalue weighted by Gasteiger charge is -1.98. The van der Waals surface area contributed by atoms with Crippen molar-refractivity contribution in [3.8, 4) is 0 Å². The summed E-state index contributed by atoms with van der Waals surface area (Å²) in [5, 5.41) is 0. The molecule has 2 atom stereocenters. The van der Waals surface area contributed by atoms with E-state index in [0.29, 0.717) is 5.92 Å². The number of methoxy groups -OCH3 is 1. The first-order chi connectivity index (χ1) is 5.55. The third kappa shape index (κ3) is 1.26. The van der Waals surface area contributed by atoms with E-state index in [0.717, 1.165) is 0 Å². The average Bonchev–Trinajstić information content (AvgIpc) is 2.53. The first-order valence-electron chi connectivity index (χ1n) is 4.26. The lowest BCUT2D eigenvalue weighted by atomic mass is 10.1. The molecule has 0 amide bonds. The smallest absolute Gasteiger partial charge is 0.309 e. The van der Waals surface area contributed by atoms with Crippen LogP contribution >= 0.6 is 0 Å². The molecule has 0 aromatic carbocycles. The highest BCUT2D eigenvalue weighted by molar-refractivity contribution is 5.78. The van der Waals surface area contributed by atoms with Crippen LogP contribution < -0.4 is 0 Å². The van der Waals surface area contributed by atoms with E-state index in [9.17, 15) is 4.79 Å². The Morgan fingerprint density at radius 2 is 2.08 bits per heavy atom. The maximum absolute atomic E-state index is 11.2. The van der Waals surface area contributed by atoms with E-state index < -0.39 is 0 Å². The van der Waals surface area contributed by atoms with Crippen molar-refractivity contribution in [2.75, 3.05) is 7.11 Å². The number of allylic oxidation sites excluding steroid dienone is 2. The topological polar surface area (TPSA) is 26.3 Å². The molecule has 2 heteroatoms. The van der Waals surface area contributed by atoms with E-state index in [1.165, 1.54) is 7.11 Å². The zero-order valence-corrected chi connectivity index (χ0v) is 8.13. The minimum absolute atomic E-state index is 0.0682. The Hall–Kier alpha value is -0.790. The Morgan fingerprint density at radius 3 is 2.50 bits per heavy atom. The molecule has 0 N–H and O–H groups in total. The Labute approximate surface area is 73.6 Å². The van der Waals surface area contributed by atoms with Crippen LogP contribution in [-0.2, 0) is 9.53 Å². The van der Waals surface area contributed by atoms with E-state index in [4.69, 9.17) is 4.74 Å². The van der Waals surface area contributed by atoms with E-state index in [1.54, 1.807) is 0 Å². The minimum atomic E-state index is -0.0805. The van der Waals surface area contributed by atoms with E-state index in [2.05, 4.69) is 19.9 Å². The molecule has 0 aromatic heterocycles. The third-order valence-electron chi connectivity index (χ3n) is 2.77. The Balaban J connectivity index is 2.66. The molecule has 12 heavy (non-hydrogen) atoms. The first kappa shape index (κ1) is 9.30. The second-order valence-corrected chi connectivity index (χ2v) is 3.87. The van der Waals surface area contributed by atoms with Crippen LogP contribution in [0.25, 0.3) is 0 Å². The fourth-order valence-electron chi connectivity index (χ4n) is 1.82. The predicted molar refractivity (Wildman–Crippen MR) is 47.6 cm³/mol. The van der Waals surface area contributed by atoms with Crippen LogP contribution in [0.2, 0.25) is 0 Å². The average molecular weight is 168 g/mol. The molecule has 0 aliphatic heterocycles. The molecular formula is C10H16O2. The van der Waals surface area contributed by atoms with Gasteiger partial charge in [-0.05, 0) is 18.3 Å². The molecule has 1 aliphatic rings. The summed E-state index contributed by atoms with van der Waals surface area (Å²) in [5.74, 6) is 0.358. The summed E-state index contributed by atoms with van der Waals surface area (Å²) >= 11 is 0. The zero-order valence-electron chi connectivity index (χ0n) is 8.13. The van der Waals surface area contributed by atoms with Gasteiger partial charge in [-0.15, -0.1) is 0 Å². The summed E-state index contributed by atoms with van der Waals surface area (Å²) in [6.45, 7) is 6.17. The number of hydrogen-bond acceptors (Lipinski definition) is 2. The van der Waals surface area contributed by atoms with Gasteiger partial charge >= 0.3 is 5.97 Å². The van der Waals surface area contributed by atoms with Crippen molar-refractivity contribution in [3.05, 3.63) is 12.2 Å². The van der Waals surface area contributed by atoms with Crippen LogP contribution in [0.15, 0.2) is 12.2 Å². The number of esters is 1. The zero-order chi connectivity index (χ0) is 9.35. The molecule has 1 rings (SSSR count). The quantitative estimate of drug-likeness (QED) is 0.465. The van der Waals surface area contributed by atoms with Crippen LogP contribution in [0.4, 0.5) is 0 Å². The highest BCUT2D eigenvalue weighted by Gasteiger charge is 2.60. The van der Waals surface area contributed by atoms with Crippen molar-refractivity contribution < 1.29 is 9.53 Å². The van der Waals surface area contributed by atoms with Gasteiger partial charge in [0.05, 0.1) is 13.0 Å². The highest BCUT2D eigenvalue weighted by atomic mass is 16.5. The molecule has 0 spiro atoms. The maximum atomic E-state index is 11.2. The van der Waals surface area contributed by atoms with Gasteiger partial charge in [-0.25, -0.2) is 0 Å². The number of carbonyl (C=O) groups excluding carboxylic acids is 1. The molecule has 1 aliphatic carbocycles. The summed E-state index contributed by atoms with van der Waals surface area (Å²) in [6, 6.07) is 0. The summed E-state index contributed by atoms with van der Waals surface area (Å²) in [5.41, 5.74) is 0.0968. The van der Waals surface area contributed by atoms with Crippen molar-refractivity contribution in [1.82, 2.24) is 0 Å². The first-order valence-corrected chi connectivity index (χ1v) is 4.26. The standard InChI is InChI=1S/C10H16O2/c1-5-6-7-8(9(11)12-4)10(7,2)3/h5-8H,1-4H3/t7-,8+/m0/s1.